The average Bonchev–Trinajstić information content (AvgIpc) is 3.03. The molecule has 1 fully saturated rings. The van der Waals surface area contributed by atoms with E-state index in [4.69, 9.17) is 4.74 Å². The summed E-state index contributed by atoms with van der Waals surface area (Å²) >= 11 is 0. The average molecular weight is 308 g/mol. The van der Waals surface area contributed by atoms with E-state index in [-0.39, 0.29) is 6.10 Å². The topological polar surface area (TPSA) is 15.7 Å². The molecule has 0 aliphatic carbocycles. The van der Waals surface area contributed by atoms with Crippen molar-refractivity contribution in [2.75, 3.05) is 44.1 Å². The molecule has 2 aromatic carbocycles. The molecule has 0 spiro atoms. The Kier molecular flexibility index (Phi) is 3.53. The number of anilines is 2. The van der Waals surface area contributed by atoms with Crippen molar-refractivity contribution in [3.63, 3.8) is 0 Å². The predicted molar refractivity (Wildman–Crippen MR) is 96.3 cm³/mol. The molecular weight excluding hydrogens is 284 g/mol. The Morgan fingerprint density at radius 2 is 1.78 bits per heavy atom. The molecule has 2 atom stereocenters. The van der Waals surface area contributed by atoms with Crippen LogP contribution in [-0.2, 0) is 4.74 Å². The SMILES string of the molecule is CN(C)c1ccc(-c2ccc3c(c2)C2OCCC2CN3C)cc1. The first kappa shape index (κ1) is 14.6. The highest BCUT2D eigenvalue weighted by Crippen LogP contribution is 2.45. The molecule has 0 bridgehead atoms. The fourth-order valence-electron chi connectivity index (χ4n) is 3.88. The van der Waals surface area contributed by atoms with Crippen LogP contribution in [0.5, 0.6) is 0 Å². The highest BCUT2D eigenvalue weighted by Gasteiger charge is 2.36. The van der Waals surface area contributed by atoms with Gasteiger partial charge < -0.3 is 14.5 Å². The molecule has 0 N–H and O–H groups in total. The minimum absolute atomic E-state index is 0.280. The number of fused-ring (bicyclic) bond motifs is 3. The zero-order valence-electron chi connectivity index (χ0n) is 14.1. The fraction of sp³-hybridized carbons (Fsp3) is 0.400. The lowest BCUT2D eigenvalue weighted by Crippen LogP contribution is -2.33. The molecule has 2 unspecified atom stereocenters. The number of rotatable bonds is 2. The van der Waals surface area contributed by atoms with Gasteiger partial charge in [0.05, 0.1) is 6.10 Å². The Morgan fingerprint density at radius 3 is 2.52 bits per heavy atom. The molecule has 120 valence electrons. The standard InChI is InChI=1S/C20H24N2O/c1-21(2)17-7-4-14(5-8-17)15-6-9-19-18(12-15)20-16(10-11-23-20)13-22(19)3/h4-9,12,16,20H,10-11,13H2,1-3H3. The van der Waals surface area contributed by atoms with Crippen LogP contribution in [0.4, 0.5) is 11.4 Å². The summed E-state index contributed by atoms with van der Waals surface area (Å²) < 4.78 is 6.04. The van der Waals surface area contributed by atoms with E-state index in [1.807, 2.05) is 0 Å². The van der Waals surface area contributed by atoms with Crippen LogP contribution in [-0.4, -0.2) is 34.3 Å². The second-order valence-corrected chi connectivity index (χ2v) is 6.94. The summed E-state index contributed by atoms with van der Waals surface area (Å²) in [6.07, 6.45) is 1.46. The quantitative estimate of drug-likeness (QED) is 0.835. The molecule has 2 aliphatic rings. The summed E-state index contributed by atoms with van der Waals surface area (Å²) in [5, 5.41) is 0. The third-order valence-corrected chi connectivity index (χ3v) is 5.18. The summed E-state index contributed by atoms with van der Waals surface area (Å²) in [7, 11) is 6.33. The maximum atomic E-state index is 6.04. The van der Waals surface area contributed by atoms with Gasteiger partial charge in [0.1, 0.15) is 0 Å². The minimum atomic E-state index is 0.280. The van der Waals surface area contributed by atoms with E-state index in [2.05, 4.69) is 73.4 Å². The van der Waals surface area contributed by atoms with E-state index in [1.165, 1.54) is 34.5 Å². The van der Waals surface area contributed by atoms with Gasteiger partial charge in [0, 0.05) is 57.2 Å². The maximum absolute atomic E-state index is 6.04. The van der Waals surface area contributed by atoms with Gasteiger partial charge >= 0.3 is 0 Å². The summed E-state index contributed by atoms with van der Waals surface area (Å²) in [4.78, 5) is 4.51. The Balaban J connectivity index is 1.72. The minimum Gasteiger partial charge on any atom is -0.378 e. The molecule has 2 aliphatic heterocycles. The van der Waals surface area contributed by atoms with Crippen molar-refractivity contribution in [1.29, 1.82) is 0 Å². The van der Waals surface area contributed by atoms with E-state index in [0.717, 1.165) is 13.2 Å². The van der Waals surface area contributed by atoms with Crippen molar-refractivity contribution >= 4 is 11.4 Å². The summed E-state index contributed by atoms with van der Waals surface area (Å²) in [6.45, 7) is 2.00. The molecule has 2 heterocycles. The smallest absolute Gasteiger partial charge is 0.0890 e. The van der Waals surface area contributed by atoms with Gasteiger partial charge in [-0.25, -0.2) is 0 Å². The summed E-state index contributed by atoms with van der Waals surface area (Å²) in [6, 6.07) is 15.6. The van der Waals surface area contributed by atoms with Gasteiger partial charge in [-0.15, -0.1) is 0 Å². The summed E-state index contributed by atoms with van der Waals surface area (Å²) in [5.74, 6) is 0.638. The molecule has 0 radical (unpaired) electrons. The monoisotopic (exact) mass is 308 g/mol. The first-order chi connectivity index (χ1) is 11.1. The van der Waals surface area contributed by atoms with Crippen LogP contribution in [0.1, 0.15) is 18.1 Å². The zero-order valence-corrected chi connectivity index (χ0v) is 14.1. The van der Waals surface area contributed by atoms with Crippen molar-refractivity contribution in [2.45, 2.75) is 12.5 Å². The zero-order chi connectivity index (χ0) is 16.0. The highest BCUT2D eigenvalue weighted by molar-refractivity contribution is 5.71. The third-order valence-electron chi connectivity index (χ3n) is 5.18. The summed E-state index contributed by atoms with van der Waals surface area (Å²) in [5.41, 5.74) is 6.45. The largest absolute Gasteiger partial charge is 0.378 e. The van der Waals surface area contributed by atoms with Crippen LogP contribution in [0.25, 0.3) is 11.1 Å². The Bertz CT molecular complexity index is 708. The highest BCUT2D eigenvalue weighted by atomic mass is 16.5. The molecule has 0 amide bonds. The van der Waals surface area contributed by atoms with Crippen molar-refractivity contribution < 1.29 is 4.74 Å². The van der Waals surface area contributed by atoms with Crippen LogP contribution in [0, 0.1) is 5.92 Å². The van der Waals surface area contributed by atoms with Gasteiger partial charge in [-0.05, 0) is 41.8 Å². The van der Waals surface area contributed by atoms with Crippen molar-refractivity contribution in [1.82, 2.24) is 0 Å². The lowest BCUT2D eigenvalue weighted by molar-refractivity contribution is 0.0891. The van der Waals surface area contributed by atoms with Gasteiger partial charge in [-0.1, -0.05) is 18.2 Å². The molecule has 3 heteroatoms. The second kappa shape index (κ2) is 5.57. The van der Waals surface area contributed by atoms with Crippen molar-refractivity contribution in [3.8, 4) is 11.1 Å². The van der Waals surface area contributed by atoms with Gasteiger partial charge in [0.2, 0.25) is 0 Å². The number of ether oxygens (including phenoxy) is 1. The number of benzene rings is 2. The van der Waals surface area contributed by atoms with Crippen molar-refractivity contribution in [3.05, 3.63) is 48.0 Å². The van der Waals surface area contributed by atoms with E-state index in [9.17, 15) is 0 Å². The van der Waals surface area contributed by atoms with Gasteiger partial charge in [0.25, 0.3) is 0 Å². The lowest BCUT2D eigenvalue weighted by Gasteiger charge is -2.35. The van der Waals surface area contributed by atoms with Gasteiger partial charge in [0.15, 0.2) is 0 Å². The Morgan fingerprint density at radius 1 is 1.04 bits per heavy atom. The van der Waals surface area contributed by atoms with Gasteiger partial charge in [-0.3, -0.25) is 0 Å². The van der Waals surface area contributed by atoms with E-state index in [1.54, 1.807) is 0 Å². The fourth-order valence-corrected chi connectivity index (χ4v) is 3.88. The molecule has 0 aromatic heterocycles. The van der Waals surface area contributed by atoms with E-state index in [0.29, 0.717) is 5.92 Å². The predicted octanol–water partition coefficient (Wildman–Crippen LogP) is 3.95. The number of nitrogens with zero attached hydrogens (tertiary/aromatic N) is 2. The molecule has 23 heavy (non-hydrogen) atoms. The van der Waals surface area contributed by atoms with Gasteiger partial charge in [-0.2, -0.15) is 0 Å². The second-order valence-electron chi connectivity index (χ2n) is 6.94. The Hall–Kier alpha value is -2.00. The van der Waals surface area contributed by atoms with Crippen LogP contribution >= 0.6 is 0 Å². The normalized spacial score (nSPS) is 22.7. The molecule has 4 rings (SSSR count). The van der Waals surface area contributed by atoms with Crippen molar-refractivity contribution in [2.24, 2.45) is 5.92 Å². The Labute approximate surface area is 138 Å². The molecule has 0 saturated carbocycles. The van der Waals surface area contributed by atoms with E-state index >= 15 is 0 Å². The first-order valence-corrected chi connectivity index (χ1v) is 8.38. The van der Waals surface area contributed by atoms with Crippen LogP contribution in [0.15, 0.2) is 42.5 Å². The van der Waals surface area contributed by atoms with Crippen LogP contribution in [0.3, 0.4) is 0 Å². The lowest BCUT2D eigenvalue weighted by atomic mass is 9.87. The third kappa shape index (κ3) is 2.49. The molecular formula is C20H24N2O. The van der Waals surface area contributed by atoms with Crippen LogP contribution < -0.4 is 9.80 Å². The molecule has 2 aromatic rings. The molecule has 1 saturated heterocycles. The molecule has 3 nitrogen and oxygen atoms in total. The number of hydrogen-bond acceptors (Lipinski definition) is 3. The number of hydrogen-bond donors (Lipinski definition) is 0. The van der Waals surface area contributed by atoms with E-state index < -0.39 is 0 Å². The van der Waals surface area contributed by atoms with Crippen LogP contribution in [0.2, 0.25) is 0 Å². The maximum Gasteiger partial charge on any atom is 0.0890 e. The first-order valence-electron chi connectivity index (χ1n) is 8.38.